The van der Waals surface area contributed by atoms with Gasteiger partial charge in [0.1, 0.15) is 12.4 Å². The van der Waals surface area contributed by atoms with E-state index >= 15 is 0 Å². The summed E-state index contributed by atoms with van der Waals surface area (Å²) in [6.45, 7) is 2.19. The average molecular weight is 371 g/mol. The Morgan fingerprint density at radius 3 is 2.76 bits per heavy atom. The highest BCUT2D eigenvalue weighted by Gasteiger charge is 2.10. The highest BCUT2D eigenvalue weighted by Crippen LogP contribution is 2.30. The van der Waals surface area contributed by atoms with E-state index in [0.717, 1.165) is 26.9 Å². The molecule has 0 aliphatic carbocycles. The smallest absolute Gasteiger partial charge is 0.269 e. The van der Waals surface area contributed by atoms with Gasteiger partial charge in [0.25, 0.3) is 5.69 Å². The van der Waals surface area contributed by atoms with E-state index in [1.807, 2.05) is 19.1 Å². The van der Waals surface area contributed by atoms with Gasteiger partial charge in [0, 0.05) is 22.2 Å². The lowest BCUT2D eigenvalue weighted by Gasteiger charge is -2.13. The summed E-state index contributed by atoms with van der Waals surface area (Å²) in [6, 6.07) is 10.3. The Balaban J connectivity index is 2.20. The number of nitro benzene ring substituents is 1. The first-order valence-electron chi connectivity index (χ1n) is 6.22. The molecule has 4 nitrogen and oxygen atoms in total. The van der Waals surface area contributed by atoms with Crippen molar-refractivity contribution < 1.29 is 9.66 Å². The fourth-order valence-corrected chi connectivity index (χ4v) is 2.84. The fraction of sp³-hybridized carbons (Fsp3) is 0.200. The van der Waals surface area contributed by atoms with Crippen molar-refractivity contribution in [1.82, 2.24) is 0 Å². The van der Waals surface area contributed by atoms with Crippen LogP contribution in [0.3, 0.4) is 0 Å². The summed E-state index contributed by atoms with van der Waals surface area (Å²) in [5.74, 6) is 1.06. The summed E-state index contributed by atoms with van der Waals surface area (Å²) in [6.07, 6.45) is 0. The van der Waals surface area contributed by atoms with Crippen molar-refractivity contribution in [2.45, 2.75) is 19.4 Å². The van der Waals surface area contributed by atoms with Gasteiger partial charge >= 0.3 is 0 Å². The molecule has 2 aromatic rings. The van der Waals surface area contributed by atoms with Gasteiger partial charge in [0.2, 0.25) is 0 Å². The van der Waals surface area contributed by atoms with Crippen LogP contribution in [-0.2, 0) is 12.5 Å². The van der Waals surface area contributed by atoms with Crippen molar-refractivity contribution in [3.05, 3.63) is 67.7 Å². The SMILES string of the molecule is Cc1cc(Br)cc(CCl)c1OCc1cccc([N+](=O)[O-])c1. The molecule has 0 saturated carbocycles. The zero-order valence-corrected chi connectivity index (χ0v) is 13.6. The van der Waals surface area contributed by atoms with Crippen molar-refractivity contribution >= 4 is 33.2 Å². The monoisotopic (exact) mass is 369 g/mol. The van der Waals surface area contributed by atoms with E-state index in [9.17, 15) is 10.1 Å². The van der Waals surface area contributed by atoms with E-state index in [4.69, 9.17) is 16.3 Å². The quantitative estimate of drug-likeness (QED) is 0.423. The molecule has 2 aromatic carbocycles. The summed E-state index contributed by atoms with van der Waals surface area (Å²) >= 11 is 9.35. The molecular weight excluding hydrogens is 358 g/mol. The molecule has 0 aliphatic rings. The number of nitro groups is 1. The van der Waals surface area contributed by atoms with Crippen LogP contribution < -0.4 is 4.74 Å². The Morgan fingerprint density at radius 1 is 1.33 bits per heavy atom. The summed E-state index contributed by atoms with van der Waals surface area (Å²) < 4.78 is 6.75. The lowest BCUT2D eigenvalue weighted by molar-refractivity contribution is -0.384. The molecule has 0 saturated heterocycles. The van der Waals surface area contributed by atoms with Crippen LogP contribution in [0, 0.1) is 17.0 Å². The molecule has 0 amide bonds. The molecule has 0 bridgehead atoms. The maximum Gasteiger partial charge on any atom is 0.269 e. The number of benzene rings is 2. The first-order chi connectivity index (χ1) is 10.0. The van der Waals surface area contributed by atoms with E-state index in [1.54, 1.807) is 12.1 Å². The van der Waals surface area contributed by atoms with Crippen molar-refractivity contribution in [2.75, 3.05) is 0 Å². The highest BCUT2D eigenvalue weighted by atomic mass is 79.9. The van der Waals surface area contributed by atoms with Crippen LogP contribution in [0.4, 0.5) is 5.69 Å². The zero-order chi connectivity index (χ0) is 15.4. The molecular formula is C15H13BrClNO3. The van der Waals surface area contributed by atoms with Gasteiger partial charge < -0.3 is 4.74 Å². The van der Waals surface area contributed by atoms with Gasteiger partial charge in [-0.05, 0) is 30.2 Å². The topological polar surface area (TPSA) is 52.4 Å². The minimum absolute atomic E-state index is 0.0567. The summed E-state index contributed by atoms with van der Waals surface area (Å²) in [5, 5.41) is 10.8. The molecule has 21 heavy (non-hydrogen) atoms. The minimum Gasteiger partial charge on any atom is -0.488 e. The van der Waals surface area contributed by atoms with Crippen LogP contribution in [0.2, 0.25) is 0 Å². The predicted octanol–water partition coefficient (Wildman–Crippen LogP) is 4.98. The van der Waals surface area contributed by atoms with Crippen LogP contribution in [0.1, 0.15) is 16.7 Å². The van der Waals surface area contributed by atoms with E-state index in [0.29, 0.717) is 5.88 Å². The van der Waals surface area contributed by atoms with Crippen LogP contribution in [0.5, 0.6) is 5.75 Å². The third-order valence-corrected chi connectivity index (χ3v) is 3.71. The first kappa shape index (κ1) is 15.8. The maximum absolute atomic E-state index is 10.8. The molecule has 0 aromatic heterocycles. The largest absolute Gasteiger partial charge is 0.488 e. The van der Waals surface area contributed by atoms with Gasteiger partial charge in [0.05, 0.1) is 10.8 Å². The van der Waals surface area contributed by atoms with Gasteiger partial charge in [0.15, 0.2) is 0 Å². The van der Waals surface area contributed by atoms with Crippen molar-refractivity contribution in [2.24, 2.45) is 0 Å². The van der Waals surface area contributed by atoms with Crippen LogP contribution in [0.25, 0.3) is 0 Å². The number of rotatable bonds is 5. The Labute approximate surface area is 136 Å². The van der Waals surface area contributed by atoms with Gasteiger partial charge in [-0.1, -0.05) is 28.1 Å². The molecule has 0 fully saturated rings. The van der Waals surface area contributed by atoms with Gasteiger partial charge in [-0.3, -0.25) is 10.1 Å². The lowest BCUT2D eigenvalue weighted by Crippen LogP contribution is -2.01. The average Bonchev–Trinajstić information content (AvgIpc) is 2.45. The molecule has 0 atom stereocenters. The predicted molar refractivity (Wildman–Crippen MR) is 85.9 cm³/mol. The second kappa shape index (κ2) is 6.91. The van der Waals surface area contributed by atoms with E-state index in [2.05, 4.69) is 15.9 Å². The first-order valence-corrected chi connectivity index (χ1v) is 7.55. The molecule has 0 radical (unpaired) electrons. The maximum atomic E-state index is 10.8. The number of hydrogen-bond donors (Lipinski definition) is 0. The minimum atomic E-state index is -0.418. The number of nitrogens with zero attached hydrogens (tertiary/aromatic N) is 1. The van der Waals surface area contributed by atoms with E-state index < -0.39 is 4.92 Å². The third-order valence-electron chi connectivity index (χ3n) is 2.96. The lowest BCUT2D eigenvalue weighted by atomic mass is 10.1. The van der Waals surface area contributed by atoms with Crippen molar-refractivity contribution in [3.8, 4) is 5.75 Å². The molecule has 2 rings (SSSR count). The number of alkyl halides is 1. The standard InChI is InChI=1S/C15H13BrClNO3/c1-10-5-13(16)7-12(8-17)15(10)21-9-11-3-2-4-14(6-11)18(19)20/h2-7H,8-9H2,1H3. The van der Waals surface area contributed by atoms with E-state index in [-0.39, 0.29) is 12.3 Å². The number of ether oxygens (including phenoxy) is 1. The molecule has 110 valence electrons. The second-order valence-electron chi connectivity index (χ2n) is 4.56. The van der Waals surface area contributed by atoms with E-state index in [1.165, 1.54) is 12.1 Å². The molecule has 0 N–H and O–H groups in total. The summed E-state index contributed by atoms with van der Waals surface area (Å²) in [7, 11) is 0. The van der Waals surface area contributed by atoms with Gasteiger partial charge in [-0.25, -0.2) is 0 Å². The Kier molecular flexibility index (Phi) is 5.20. The van der Waals surface area contributed by atoms with Crippen molar-refractivity contribution in [3.63, 3.8) is 0 Å². The van der Waals surface area contributed by atoms with Crippen LogP contribution in [0.15, 0.2) is 40.9 Å². The normalized spacial score (nSPS) is 10.4. The van der Waals surface area contributed by atoms with Crippen LogP contribution >= 0.6 is 27.5 Å². The molecule has 0 spiro atoms. The molecule has 0 heterocycles. The molecule has 0 unspecified atom stereocenters. The van der Waals surface area contributed by atoms with Gasteiger partial charge in [-0.15, -0.1) is 11.6 Å². The number of halogens is 2. The summed E-state index contributed by atoms with van der Waals surface area (Å²) in [4.78, 5) is 10.3. The Hall–Kier alpha value is -1.59. The Bertz CT molecular complexity index is 676. The fourth-order valence-electron chi connectivity index (χ4n) is 2.02. The highest BCUT2D eigenvalue weighted by molar-refractivity contribution is 9.10. The zero-order valence-electron chi connectivity index (χ0n) is 11.3. The van der Waals surface area contributed by atoms with Crippen molar-refractivity contribution in [1.29, 1.82) is 0 Å². The third kappa shape index (κ3) is 3.95. The summed E-state index contributed by atoms with van der Waals surface area (Å²) in [5.41, 5.74) is 2.65. The number of non-ortho nitro benzene ring substituents is 1. The number of aryl methyl sites for hydroxylation is 1. The van der Waals surface area contributed by atoms with Crippen LogP contribution in [-0.4, -0.2) is 4.92 Å². The van der Waals surface area contributed by atoms with Gasteiger partial charge in [-0.2, -0.15) is 0 Å². The molecule has 6 heteroatoms. The Morgan fingerprint density at radius 2 is 2.10 bits per heavy atom. The molecule has 0 aliphatic heterocycles. The second-order valence-corrected chi connectivity index (χ2v) is 5.74. The number of hydrogen-bond acceptors (Lipinski definition) is 3.